The van der Waals surface area contributed by atoms with E-state index >= 15 is 0 Å². The molecule has 0 aliphatic carbocycles. The van der Waals surface area contributed by atoms with Gasteiger partial charge in [-0.1, -0.05) is 5.11 Å². The van der Waals surface area contributed by atoms with Gasteiger partial charge in [0.1, 0.15) is 0 Å². The summed E-state index contributed by atoms with van der Waals surface area (Å²) >= 11 is 0. The van der Waals surface area contributed by atoms with Crippen molar-refractivity contribution < 1.29 is 4.39 Å². The fourth-order valence-corrected chi connectivity index (χ4v) is 0.654. The van der Waals surface area contributed by atoms with E-state index < -0.39 is 5.95 Å². The summed E-state index contributed by atoms with van der Waals surface area (Å²) in [5.41, 5.74) is 8.57. The molecule has 0 atom stereocenters. The second kappa shape index (κ2) is 3.53. The van der Waals surface area contributed by atoms with Gasteiger partial charge in [0, 0.05) is 11.1 Å². The van der Waals surface area contributed by atoms with Crippen LogP contribution in [0.2, 0.25) is 0 Å². The van der Waals surface area contributed by atoms with Crippen LogP contribution in [0.1, 0.15) is 5.56 Å². The maximum atomic E-state index is 12.3. The van der Waals surface area contributed by atoms with Crippen LogP contribution in [-0.2, 0) is 6.54 Å². The first-order chi connectivity index (χ1) is 5.33. The summed E-state index contributed by atoms with van der Waals surface area (Å²) in [6.07, 6.45) is 1.33. The molecule has 0 radical (unpaired) electrons. The average Bonchev–Trinajstić information content (AvgIpc) is 2.01. The van der Waals surface area contributed by atoms with Crippen molar-refractivity contribution >= 4 is 0 Å². The van der Waals surface area contributed by atoms with Crippen molar-refractivity contribution in [3.05, 3.63) is 40.3 Å². The van der Waals surface area contributed by atoms with Crippen LogP contribution >= 0.6 is 0 Å². The smallest absolute Gasteiger partial charge is 0.213 e. The fourth-order valence-electron chi connectivity index (χ4n) is 0.654. The van der Waals surface area contributed by atoms with Crippen LogP contribution in [0.25, 0.3) is 10.4 Å². The lowest BCUT2D eigenvalue weighted by atomic mass is 10.3. The molecule has 1 aromatic rings. The Kier molecular flexibility index (Phi) is 2.41. The van der Waals surface area contributed by atoms with Crippen molar-refractivity contribution in [1.29, 1.82) is 0 Å². The Hall–Kier alpha value is -1.61. The number of azide groups is 1. The zero-order valence-electron chi connectivity index (χ0n) is 5.61. The van der Waals surface area contributed by atoms with Crippen LogP contribution in [0, 0.1) is 5.95 Å². The maximum Gasteiger partial charge on any atom is 0.213 e. The zero-order valence-corrected chi connectivity index (χ0v) is 5.61. The van der Waals surface area contributed by atoms with Crippen molar-refractivity contribution in [3.8, 4) is 0 Å². The Morgan fingerprint density at radius 2 is 2.55 bits per heavy atom. The Bertz CT molecular complexity index is 292. The Morgan fingerprint density at radius 1 is 1.73 bits per heavy atom. The number of hydrogen-bond donors (Lipinski definition) is 0. The second-order valence-corrected chi connectivity index (χ2v) is 1.88. The molecule has 1 aromatic heterocycles. The van der Waals surface area contributed by atoms with Gasteiger partial charge in [-0.3, -0.25) is 0 Å². The molecular formula is C6H5FN4. The highest BCUT2D eigenvalue weighted by atomic mass is 19.1. The number of halogens is 1. The van der Waals surface area contributed by atoms with Gasteiger partial charge < -0.3 is 0 Å². The SMILES string of the molecule is [N-]=[N+]=NCc1ccnc(F)c1. The molecule has 0 bridgehead atoms. The van der Waals surface area contributed by atoms with Crippen LogP contribution in [0.15, 0.2) is 23.4 Å². The summed E-state index contributed by atoms with van der Waals surface area (Å²) in [4.78, 5) is 5.89. The van der Waals surface area contributed by atoms with Crippen molar-refractivity contribution in [2.75, 3.05) is 0 Å². The van der Waals surface area contributed by atoms with Gasteiger partial charge >= 0.3 is 0 Å². The van der Waals surface area contributed by atoms with Gasteiger partial charge in [-0.05, 0) is 23.2 Å². The van der Waals surface area contributed by atoms with Crippen LogP contribution in [0.4, 0.5) is 4.39 Å². The van der Waals surface area contributed by atoms with E-state index in [4.69, 9.17) is 5.53 Å². The third kappa shape index (κ3) is 2.23. The van der Waals surface area contributed by atoms with E-state index in [0.29, 0.717) is 5.56 Å². The second-order valence-electron chi connectivity index (χ2n) is 1.88. The van der Waals surface area contributed by atoms with E-state index in [0.717, 1.165) is 0 Å². The molecule has 0 saturated carbocycles. The molecule has 0 fully saturated rings. The van der Waals surface area contributed by atoms with Gasteiger partial charge in [-0.25, -0.2) is 4.98 Å². The monoisotopic (exact) mass is 152 g/mol. The first-order valence-corrected chi connectivity index (χ1v) is 2.94. The molecule has 4 nitrogen and oxygen atoms in total. The summed E-state index contributed by atoms with van der Waals surface area (Å²) in [6, 6.07) is 2.83. The molecule has 0 aliphatic heterocycles. The standard InChI is InChI=1S/C6H5FN4/c7-6-3-5(1-2-9-6)4-10-11-8/h1-3H,4H2. The van der Waals surface area contributed by atoms with Gasteiger partial charge in [-0.2, -0.15) is 4.39 Å². The highest BCUT2D eigenvalue weighted by molar-refractivity contribution is 5.10. The van der Waals surface area contributed by atoms with E-state index in [2.05, 4.69) is 15.0 Å². The molecule has 5 heteroatoms. The van der Waals surface area contributed by atoms with Crippen LogP contribution in [-0.4, -0.2) is 4.98 Å². The molecule has 0 aliphatic rings. The molecule has 0 N–H and O–H groups in total. The van der Waals surface area contributed by atoms with Crippen LogP contribution < -0.4 is 0 Å². The normalized spacial score (nSPS) is 8.82. The molecule has 0 saturated heterocycles. The van der Waals surface area contributed by atoms with Crippen molar-refractivity contribution in [2.24, 2.45) is 5.11 Å². The van der Waals surface area contributed by atoms with Gasteiger partial charge in [0.15, 0.2) is 0 Å². The summed E-state index contributed by atoms with van der Waals surface area (Å²) in [5, 5.41) is 3.27. The largest absolute Gasteiger partial charge is 0.228 e. The van der Waals surface area contributed by atoms with Gasteiger partial charge in [-0.15, -0.1) is 0 Å². The van der Waals surface area contributed by atoms with E-state index in [1.807, 2.05) is 0 Å². The van der Waals surface area contributed by atoms with Crippen molar-refractivity contribution in [1.82, 2.24) is 4.98 Å². The zero-order chi connectivity index (χ0) is 8.10. The number of nitrogens with zero attached hydrogens (tertiary/aromatic N) is 4. The fraction of sp³-hybridized carbons (Fsp3) is 0.167. The van der Waals surface area contributed by atoms with Crippen molar-refractivity contribution in [2.45, 2.75) is 6.54 Å². The highest BCUT2D eigenvalue weighted by Crippen LogP contribution is 2.01. The minimum Gasteiger partial charge on any atom is -0.228 e. The minimum atomic E-state index is -0.560. The van der Waals surface area contributed by atoms with Gasteiger partial charge in [0.05, 0.1) is 6.54 Å². The molecule has 0 amide bonds. The summed E-state index contributed by atoms with van der Waals surface area (Å²) in [6.45, 7) is 0.163. The molecule has 0 spiro atoms. The molecule has 1 heterocycles. The van der Waals surface area contributed by atoms with Crippen LogP contribution in [0.5, 0.6) is 0 Å². The Morgan fingerprint density at radius 3 is 3.18 bits per heavy atom. The third-order valence-corrected chi connectivity index (χ3v) is 1.11. The summed E-state index contributed by atoms with van der Waals surface area (Å²) < 4.78 is 12.3. The molecule has 0 unspecified atom stereocenters. The molecule has 1 rings (SSSR count). The summed E-state index contributed by atoms with van der Waals surface area (Å²) in [5.74, 6) is -0.560. The lowest BCUT2D eigenvalue weighted by Gasteiger charge is -1.92. The Balaban J connectivity index is 2.79. The van der Waals surface area contributed by atoms with E-state index in [-0.39, 0.29) is 6.54 Å². The quantitative estimate of drug-likeness (QED) is 0.277. The molecular weight excluding hydrogens is 147 g/mol. The average molecular weight is 152 g/mol. The minimum absolute atomic E-state index is 0.163. The van der Waals surface area contributed by atoms with Gasteiger partial charge in [0.2, 0.25) is 5.95 Å². The first kappa shape index (κ1) is 7.50. The summed E-state index contributed by atoms with van der Waals surface area (Å²) in [7, 11) is 0. The number of aromatic nitrogens is 1. The van der Waals surface area contributed by atoms with Gasteiger partial charge in [0.25, 0.3) is 0 Å². The Labute approximate surface area is 62.3 Å². The molecule has 11 heavy (non-hydrogen) atoms. The van der Waals surface area contributed by atoms with E-state index in [1.165, 1.54) is 12.3 Å². The lowest BCUT2D eigenvalue weighted by molar-refractivity contribution is 0.581. The van der Waals surface area contributed by atoms with Crippen molar-refractivity contribution in [3.63, 3.8) is 0 Å². The predicted octanol–water partition coefficient (Wildman–Crippen LogP) is 2.03. The van der Waals surface area contributed by atoms with E-state index in [9.17, 15) is 4.39 Å². The number of rotatable bonds is 2. The number of pyridine rings is 1. The maximum absolute atomic E-state index is 12.3. The first-order valence-electron chi connectivity index (χ1n) is 2.94. The van der Waals surface area contributed by atoms with Crippen LogP contribution in [0.3, 0.4) is 0 Å². The predicted molar refractivity (Wildman–Crippen MR) is 37.0 cm³/mol. The number of hydrogen-bond acceptors (Lipinski definition) is 2. The lowest BCUT2D eigenvalue weighted by Crippen LogP contribution is -1.85. The topological polar surface area (TPSA) is 61.7 Å². The third-order valence-electron chi connectivity index (χ3n) is 1.11. The van der Waals surface area contributed by atoms with E-state index in [1.54, 1.807) is 6.07 Å². The molecule has 56 valence electrons. The highest BCUT2D eigenvalue weighted by Gasteiger charge is 1.92. The molecule has 0 aromatic carbocycles.